The van der Waals surface area contributed by atoms with Gasteiger partial charge in [-0.25, -0.2) is 4.98 Å². The van der Waals surface area contributed by atoms with Gasteiger partial charge in [0, 0.05) is 38.8 Å². The van der Waals surface area contributed by atoms with Crippen molar-refractivity contribution in [2.24, 2.45) is 0 Å². The first-order valence-corrected chi connectivity index (χ1v) is 6.89. The third-order valence-corrected chi connectivity index (χ3v) is 3.53. The second-order valence-corrected chi connectivity index (χ2v) is 4.96. The lowest BCUT2D eigenvalue weighted by Crippen LogP contribution is -2.47. The van der Waals surface area contributed by atoms with Crippen molar-refractivity contribution in [2.45, 2.75) is 19.0 Å². The SMILES string of the molecule is N#CCCCN1CCN(c2ncccc2C(F)(F)F)CC1. The van der Waals surface area contributed by atoms with Gasteiger partial charge in [0.15, 0.2) is 0 Å². The first kappa shape index (κ1) is 15.6. The van der Waals surface area contributed by atoms with Gasteiger partial charge in [-0.3, -0.25) is 4.90 Å². The summed E-state index contributed by atoms with van der Waals surface area (Å²) < 4.78 is 38.9. The predicted molar refractivity (Wildman–Crippen MR) is 72.7 cm³/mol. The Morgan fingerprint density at radius 1 is 1.24 bits per heavy atom. The lowest BCUT2D eigenvalue weighted by Gasteiger charge is -2.36. The molecule has 1 aromatic heterocycles. The highest BCUT2D eigenvalue weighted by Gasteiger charge is 2.36. The number of pyridine rings is 1. The van der Waals surface area contributed by atoms with E-state index in [1.54, 1.807) is 4.90 Å². The molecule has 1 saturated heterocycles. The number of anilines is 1. The van der Waals surface area contributed by atoms with Gasteiger partial charge >= 0.3 is 6.18 Å². The third-order valence-electron chi connectivity index (χ3n) is 3.53. The molecule has 2 heterocycles. The first-order valence-electron chi connectivity index (χ1n) is 6.89. The van der Waals surface area contributed by atoms with Crippen LogP contribution < -0.4 is 4.90 Å². The summed E-state index contributed by atoms with van der Waals surface area (Å²) >= 11 is 0. The molecule has 0 atom stereocenters. The minimum Gasteiger partial charge on any atom is -0.354 e. The number of nitriles is 1. The number of hydrogen-bond donors (Lipinski definition) is 0. The van der Waals surface area contributed by atoms with Crippen molar-refractivity contribution in [1.82, 2.24) is 9.88 Å². The minimum atomic E-state index is -4.38. The number of halogens is 3. The Labute approximate surface area is 121 Å². The van der Waals surface area contributed by atoms with Crippen molar-refractivity contribution in [3.8, 4) is 6.07 Å². The molecule has 0 unspecified atom stereocenters. The predicted octanol–water partition coefficient (Wildman–Crippen LogP) is 2.53. The van der Waals surface area contributed by atoms with Crippen LogP contribution in [0.3, 0.4) is 0 Å². The van der Waals surface area contributed by atoms with E-state index in [1.807, 2.05) is 0 Å². The van der Waals surface area contributed by atoms with Crippen LogP contribution in [-0.4, -0.2) is 42.6 Å². The van der Waals surface area contributed by atoms with Gasteiger partial charge < -0.3 is 4.90 Å². The van der Waals surface area contributed by atoms with Crippen LogP contribution in [0.1, 0.15) is 18.4 Å². The Kier molecular flexibility index (Phi) is 5.02. The largest absolute Gasteiger partial charge is 0.419 e. The van der Waals surface area contributed by atoms with Gasteiger partial charge in [0.25, 0.3) is 0 Å². The maximum absolute atomic E-state index is 13.0. The number of alkyl halides is 3. The van der Waals surface area contributed by atoms with Crippen molar-refractivity contribution in [2.75, 3.05) is 37.6 Å². The van der Waals surface area contributed by atoms with Gasteiger partial charge in [-0.1, -0.05) is 0 Å². The number of unbranched alkanes of at least 4 members (excludes halogenated alkanes) is 1. The summed E-state index contributed by atoms with van der Waals surface area (Å²) in [5.41, 5.74) is -0.678. The van der Waals surface area contributed by atoms with Crippen molar-refractivity contribution in [3.05, 3.63) is 23.9 Å². The maximum atomic E-state index is 13.0. The Hall–Kier alpha value is -1.81. The highest BCUT2D eigenvalue weighted by Crippen LogP contribution is 2.35. The average Bonchev–Trinajstić information content (AvgIpc) is 2.47. The molecule has 0 spiro atoms. The van der Waals surface area contributed by atoms with E-state index in [-0.39, 0.29) is 5.82 Å². The highest BCUT2D eigenvalue weighted by atomic mass is 19.4. The van der Waals surface area contributed by atoms with Gasteiger partial charge in [0.05, 0.1) is 11.6 Å². The van der Waals surface area contributed by atoms with Crippen molar-refractivity contribution < 1.29 is 13.2 Å². The molecule has 2 rings (SSSR count). The van der Waals surface area contributed by atoms with Crippen molar-refractivity contribution >= 4 is 5.82 Å². The van der Waals surface area contributed by atoms with Gasteiger partial charge in [-0.2, -0.15) is 18.4 Å². The summed E-state index contributed by atoms with van der Waals surface area (Å²) in [7, 11) is 0. The average molecular weight is 298 g/mol. The van der Waals surface area contributed by atoms with Crippen molar-refractivity contribution in [1.29, 1.82) is 5.26 Å². The summed E-state index contributed by atoms with van der Waals surface area (Å²) in [6.07, 6.45) is -1.68. The van der Waals surface area contributed by atoms with Crippen LogP contribution in [-0.2, 0) is 6.18 Å². The zero-order valence-corrected chi connectivity index (χ0v) is 11.6. The van der Waals surface area contributed by atoms with E-state index in [0.29, 0.717) is 32.6 Å². The number of hydrogen-bond acceptors (Lipinski definition) is 4. The topological polar surface area (TPSA) is 43.2 Å². The molecule has 0 aromatic carbocycles. The van der Waals surface area contributed by atoms with Crippen LogP contribution in [0.25, 0.3) is 0 Å². The summed E-state index contributed by atoms with van der Waals surface area (Å²) in [6.45, 7) is 3.24. The van der Waals surface area contributed by atoms with E-state index >= 15 is 0 Å². The molecule has 114 valence electrons. The number of aromatic nitrogens is 1. The lowest BCUT2D eigenvalue weighted by molar-refractivity contribution is -0.137. The fourth-order valence-electron chi connectivity index (χ4n) is 2.44. The zero-order valence-electron chi connectivity index (χ0n) is 11.6. The molecule has 7 heteroatoms. The number of rotatable bonds is 4. The minimum absolute atomic E-state index is 0.0154. The normalized spacial score (nSPS) is 16.8. The summed E-state index contributed by atoms with van der Waals surface area (Å²) in [5, 5.41) is 8.50. The fourth-order valence-corrected chi connectivity index (χ4v) is 2.44. The van der Waals surface area contributed by atoms with Crippen molar-refractivity contribution in [3.63, 3.8) is 0 Å². The van der Waals surface area contributed by atoms with Gasteiger partial charge in [0.2, 0.25) is 0 Å². The van der Waals surface area contributed by atoms with E-state index in [4.69, 9.17) is 5.26 Å². The molecule has 0 saturated carbocycles. The monoisotopic (exact) mass is 298 g/mol. The highest BCUT2D eigenvalue weighted by molar-refractivity contribution is 5.48. The van der Waals surface area contributed by atoms with E-state index < -0.39 is 11.7 Å². The number of nitrogens with zero attached hydrogens (tertiary/aromatic N) is 4. The molecule has 0 bridgehead atoms. The molecule has 0 radical (unpaired) electrons. The van der Waals surface area contributed by atoms with Crippen LogP contribution in [0, 0.1) is 11.3 Å². The molecular formula is C14H17F3N4. The molecular weight excluding hydrogens is 281 g/mol. The smallest absolute Gasteiger partial charge is 0.354 e. The molecule has 0 N–H and O–H groups in total. The molecule has 21 heavy (non-hydrogen) atoms. The van der Waals surface area contributed by atoms with Crippen LogP contribution in [0.4, 0.5) is 19.0 Å². The van der Waals surface area contributed by atoms with Gasteiger partial charge in [-0.15, -0.1) is 0 Å². The summed E-state index contributed by atoms with van der Waals surface area (Å²) in [6, 6.07) is 4.47. The zero-order chi connectivity index (χ0) is 15.3. The Balaban J connectivity index is 1.98. The van der Waals surface area contributed by atoms with Gasteiger partial charge in [-0.05, 0) is 25.1 Å². The number of piperazine rings is 1. The lowest BCUT2D eigenvalue weighted by atomic mass is 10.2. The van der Waals surface area contributed by atoms with Crippen LogP contribution in [0.2, 0.25) is 0 Å². The van der Waals surface area contributed by atoms with Crippen LogP contribution in [0.5, 0.6) is 0 Å². The van der Waals surface area contributed by atoms with E-state index in [9.17, 15) is 13.2 Å². The third kappa shape index (κ3) is 4.08. The molecule has 1 aliphatic rings. The summed E-state index contributed by atoms with van der Waals surface area (Å²) in [4.78, 5) is 7.77. The van der Waals surface area contributed by atoms with Gasteiger partial charge in [0.1, 0.15) is 5.82 Å². The summed E-state index contributed by atoms with van der Waals surface area (Å²) in [5.74, 6) is 0.0154. The Morgan fingerprint density at radius 3 is 2.57 bits per heavy atom. The first-order chi connectivity index (χ1) is 10.0. The van der Waals surface area contributed by atoms with E-state index in [1.165, 1.54) is 12.3 Å². The van der Waals surface area contributed by atoms with Crippen LogP contribution >= 0.6 is 0 Å². The van der Waals surface area contributed by atoms with Crippen LogP contribution in [0.15, 0.2) is 18.3 Å². The van der Waals surface area contributed by atoms with E-state index in [0.717, 1.165) is 19.0 Å². The Bertz CT molecular complexity index is 502. The molecule has 1 fully saturated rings. The molecule has 0 amide bonds. The maximum Gasteiger partial charge on any atom is 0.419 e. The molecule has 4 nitrogen and oxygen atoms in total. The molecule has 1 aliphatic heterocycles. The standard InChI is InChI=1S/C14H17F3N4/c15-14(16,17)12-4-3-6-19-13(12)21-10-8-20(9-11-21)7-2-1-5-18/h3-4,6H,1-2,7-11H2. The molecule has 0 aliphatic carbocycles. The Morgan fingerprint density at radius 2 is 1.95 bits per heavy atom. The quantitative estimate of drug-likeness (QED) is 0.801. The second-order valence-electron chi connectivity index (χ2n) is 4.96. The second kappa shape index (κ2) is 6.76. The fraction of sp³-hybridized carbons (Fsp3) is 0.571. The van der Waals surface area contributed by atoms with E-state index in [2.05, 4.69) is 16.0 Å². The molecule has 1 aromatic rings.